The minimum Gasteiger partial charge on any atom is -0.437 e. The van der Waals surface area contributed by atoms with Crippen LogP contribution in [-0.2, 0) is 7.05 Å². The Morgan fingerprint density at radius 3 is 2.61 bits per heavy atom. The molecule has 0 bridgehead atoms. The van der Waals surface area contributed by atoms with Gasteiger partial charge in [0.25, 0.3) is 0 Å². The van der Waals surface area contributed by atoms with Crippen molar-refractivity contribution in [2.24, 2.45) is 7.05 Å². The topological polar surface area (TPSA) is 29.9 Å². The number of rotatable bonds is 3. The fourth-order valence-corrected chi connectivity index (χ4v) is 3.82. The van der Waals surface area contributed by atoms with Gasteiger partial charge in [-0.3, -0.25) is 0 Å². The molecule has 0 radical (unpaired) electrons. The van der Waals surface area contributed by atoms with Gasteiger partial charge in [-0.1, -0.05) is 33.7 Å². The molecule has 0 saturated carbocycles. The van der Waals surface area contributed by atoms with Crippen LogP contribution in [-0.4, -0.2) is 4.98 Å². The van der Waals surface area contributed by atoms with Crippen LogP contribution in [0.3, 0.4) is 0 Å². The highest BCUT2D eigenvalue weighted by atomic mass is 16.3. The van der Waals surface area contributed by atoms with Gasteiger partial charge in [0.05, 0.1) is 5.56 Å². The van der Waals surface area contributed by atoms with Crippen molar-refractivity contribution >= 4 is 22.1 Å². The quantitative estimate of drug-likeness (QED) is 0.390. The van der Waals surface area contributed by atoms with E-state index in [1.807, 2.05) is 57.5 Å². The Morgan fingerprint density at radius 1 is 1.11 bits per heavy atom. The monoisotopic (exact) mass is 378 g/mol. The van der Waals surface area contributed by atoms with Crippen molar-refractivity contribution < 1.29 is 15.8 Å². The summed E-state index contributed by atoms with van der Waals surface area (Å²) in [6.07, 6.45) is 1.78. The summed E-state index contributed by atoms with van der Waals surface area (Å²) in [6.45, 7) is 6.51. The normalized spacial score (nSPS) is 17.6. The first kappa shape index (κ1) is 13.5. The summed E-state index contributed by atoms with van der Waals surface area (Å²) in [5.74, 6) is -2.63. The van der Waals surface area contributed by atoms with E-state index < -0.39 is 18.6 Å². The third-order valence-corrected chi connectivity index (χ3v) is 5.32. The first-order valence-electron chi connectivity index (χ1n) is 12.0. The van der Waals surface area contributed by atoms with Crippen molar-refractivity contribution in [3.05, 3.63) is 58.9 Å². The molecule has 4 aromatic rings. The molecule has 0 aliphatic heterocycles. The largest absolute Gasteiger partial charge is 0.437 e. The molecule has 28 heavy (non-hydrogen) atoms. The molecule has 144 valence electrons. The molecule has 0 N–H and O–H groups in total. The van der Waals surface area contributed by atoms with Crippen LogP contribution >= 0.6 is 0 Å². The standard InChI is InChI=1S/C25H29N2O/c1-14(2)18-10-11-27(7)21(13-18)22-16(5)12-20(15(3)4)23-19-9-8-17(6)26-25(19)28-24(22)23/h8-15H,1-7H3/q+1/i1D3,14D,15D. The van der Waals surface area contributed by atoms with E-state index in [2.05, 4.69) is 4.98 Å². The highest BCUT2D eigenvalue weighted by Gasteiger charge is 2.25. The van der Waals surface area contributed by atoms with E-state index in [1.165, 1.54) is 6.92 Å². The third-order valence-electron chi connectivity index (χ3n) is 5.32. The zero-order chi connectivity index (χ0) is 24.5. The van der Waals surface area contributed by atoms with E-state index >= 15 is 0 Å². The Hall–Kier alpha value is -2.68. The van der Waals surface area contributed by atoms with Crippen LogP contribution in [0.15, 0.2) is 40.9 Å². The predicted octanol–water partition coefficient (Wildman–Crippen LogP) is 6.34. The van der Waals surface area contributed by atoms with Gasteiger partial charge in [0.2, 0.25) is 11.4 Å². The smallest absolute Gasteiger partial charge is 0.227 e. The maximum absolute atomic E-state index is 8.76. The molecule has 3 aromatic heterocycles. The van der Waals surface area contributed by atoms with Gasteiger partial charge in [0.15, 0.2) is 11.8 Å². The van der Waals surface area contributed by atoms with Crippen molar-refractivity contribution in [2.75, 3.05) is 0 Å². The van der Waals surface area contributed by atoms with Crippen LogP contribution in [0.4, 0.5) is 0 Å². The van der Waals surface area contributed by atoms with Crippen LogP contribution in [0.25, 0.3) is 33.3 Å². The van der Waals surface area contributed by atoms with E-state index in [0.29, 0.717) is 16.9 Å². The minimum atomic E-state index is -2.48. The van der Waals surface area contributed by atoms with E-state index in [1.54, 1.807) is 18.3 Å². The number of fused-ring (bicyclic) bond motifs is 3. The maximum atomic E-state index is 8.76. The minimum absolute atomic E-state index is 0.401. The highest BCUT2D eigenvalue weighted by Crippen LogP contribution is 2.41. The first-order valence-corrected chi connectivity index (χ1v) is 9.47. The number of nitrogens with zero attached hydrogens (tertiary/aromatic N) is 2. The molecule has 0 aliphatic carbocycles. The summed E-state index contributed by atoms with van der Waals surface area (Å²) in [5, 5.41) is 1.69. The fourth-order valence-electron chi connectivity index (χ4n) is 3.82. The van der Waals surface area contributed by atoms with Gasteiger partial charge in [-0.05, 0) is 54.5 Å². The van der Waals surface area contributed by atoms with Gasteiger partial charge >= 0.3 is 0 Å². The summed E-state index contributed by atoms with van der Waals surface area (Å²) >= 11 is 0. The van der Waals surface area contributed by atoms with Crippen molar-refractivity contribution in [2.45, 2.75) is 53.3 Å². The number of hydrogen-bond donors (Lipinski definition) is 0. The van der Waals surface area contributed by atoms with Crippen molar-refractivity contribution in [1.82, 2.24) is 4.98 Å². The lowest BCUT2D eigenvalue weighted by atomic mass is 9.90. The number of furan rings is 1. The predicted molar refractivity (Wildman–Crippen MR) is 116 cm³/mol. The number of aryl methyl sites for hydroxylation is 3. The van der Waals surface area contributed by atoms with Crippen LogP contribution in [0.5, 0.6) is 0 Å². The Labute approximate surface area is 174 Å². The van der Waals surface area contributed by atoms with E-state index in [-0.39, 0.29) is 0 Å². The molecular formula is C25H29N2O+. The number of aromatic nitrogens is 2. The van der Waals surface area contributed by atoms with Gasteiger partial charge in [0.1, 0.15) is 7.05 Å². The average Bonchev–Trinajstić information content (AvgIpc) is 3.04. The van der Waals surface area contributed by atoms with Crippen molar-refractivity contribution in [1.29, 1.82) is 0 Å². The lowest BCUT2D eigenvalue weighted by Gasteiger charge is -2.13. The zero-order valence-corrected chi connectivity index (χ0v) is 17.3. The van der Waals surface area contributed by atoms with E-state index in [0.717, 1.165) is 38.9 Å². The van der Waals surface area contributed by atoms with Crippen LogP contribution in [0, 0.1) is 13.8 Å². The van der Waals surface area contributed by atoms with E-state index in [9.17, 15) is 0 Å². The van der Waals surface area contributed by atoms with E-state index in [4.69, 9.17) is 11.3 Å². The van der Waals surface area contributed by atoms with Crippen LogP contribution < -0.4 is 4.57 Å². The second kappa shape index (κ2) is 6.73. The summed E-state index contributed by atoms with van der Waals surface area (Å²) in [4.78, 5) is 4.57. The zero-order valence-electron chi connectivity index (χ0n) is 22.3. The molecule has 0 amide bonds. The molecule has 3 nitrogen and oxygen atoms in total. The van der Waals surface area contributed by atoms with Gasteiger partial charge < -0.3 is 4.42 Å². The third kappa shape index (κ3) is 2.90. The van der Waals surface area contributed by atoms with Gasteiger partial charge in [-0.2, -0.15) is 0 Å². The second-order valence-corrected chi connectivity index (χ2v) is 7.76. The number of hydrogen-bond acceptors (Lipinski definition) is 2. The lowest BCUT2D eigenvalue weighted by molar-refractivity contribution is -0.660. The summed E-state index contributed by atoms with van der Waals surface area (Å²) in [5.41, 5.74) is 5.65. The molecule has 0 spiro atoms. The SMILES string of the molecule is [2H]C(C)(C)c1cc(C)c(-c2cc(C([2H])(C)C([2H])([2H])[2H])cc[n+]2C)c2oc3nc(C)ccc3c12. The lowest BCUT2D eigenvalue weighted by Crippen LogP contribution is -2.31. The molecule has 1 atom stereocenters. The first-order chi connectivity index (χ1) is 15.1. The molecular weight excluding hydrogens is 344 g/mol. The molecule has 0 saturated heterocycles. The average molecular weight is 379 g/mol. The molecule has 0 aliphatic rings. The molecule has 1 unspecified atom stereocenters. The highest BCUT2D eigenvalue weighted by molar-refractivity contribution is 6.10. The molecule has 0 fully saturated rings. The number of pyridine rings is 2. The van der Waals surface area contributed by atoms with Gasteiger partial charge in [-0.25, -0.2) is 9.55 Å². The van der Waals surface area contributed by atoms with Crippen molar-refractivity contribution in [3.8, 4) is 11.3 Å². The summed E-state index contributed by atoms with van der Waals surface area (Å²) < 4.78 is 49.1. The van der Waals surface area contributed by atoms with Gasteiger partial charge in [0, 0.05) is 35.5 Å². The molecule has 4 rings (SSSR count). The number of benzene rings is 1. The second-order valence-electron chi connectivity index (χ2n) is 7.76. The molecule has 1 aromatic carbocycles. The van der Waals surface area contributed by atoms with Crippen LogP contribution in [0.2, 0.25) is 0 Å². The van der Waals surface area contributed by atoms with Crippen LogP contribution in [0.1, 0.15) is 68.6 Å². The Bertz CT molecular complexity index is 1390. The maximum Gasteiger partial charge on any atom is 0.227 e. The Balaban J connectivity index is 2.13. The summed E-state index contributed by atoms with van der Waals surface area (Å²) in [7, 11) is 1.88. The van der Waals surface area contributed by atoms with Crippen molar-refractivity contribution in [3.63, 3.8) is 0 Å². The molecule has 3 heteroatoms. The Kier molecular flexibility index (Phi) is 3.24. The summed E-state index contributed by atoms with van der Waals surface area (Å²) in [6, 6.07) is 9.36. The van der Waals surface area contributed by atoms with Gasteiger partial charge in [-0.15, -0.1) is 0 Å². The Morgan fingerprint density at radius 2 is 1.89 bits per heavy atom. The fraction of sp³-hybridized carbons (Fsp3) is 0.360. The molecule has 3 heterocycles.